The molecule has 0 radical (unpaired) electrons. The van der Waals surface area contributed by atoms with Crippen LogP contribution in [0, 0.1) is 0 Å². The molecule has 0 unspecified atom stereocenters. The fourth-order valence-electron chi connectivity index (χ4n) is 2.03. The Balaban J connectivity index is 2.24. The molecule has 0 aliphatic heterocycles. The van der Waals surface area contributed by atoms with Crippen molar-refractivity contribution in [3.8, 4) is 11.3 Å². The predicted molar refractivity (Wildman–Crippen MR) is 80.5 cm³/mol. The van der Waals surface area contributed by atoms with E-state index in [1.165, 1.54) is 6.39 Å². The Kier molecular flexibility index (Phi) is 4.40. The van der Waals surface area contributed by atoms with E-state index in [-0.39, 0.29) is 0 Å². The van der Waals surface area contributed by atoms with Crippen LogP contribution in [0.25, 0.3) is 11.3 Å². The van der Waals surface area contributed by atoms with Crippen LogP contribution in [0.5, 0.6) is 0 Å². The molecule has 2 rings (SSSR count). The van der Waals surface area contributed by atoms with Crippen molar-refractivity contribution in [2.75, 3.05) is 28.2 Å². The van der Waals surface area contributed by atoms with E-state index in [0.29, 0.717) is 6.54 Å². The maximum atomic E-state index is 5.50. The number of oxazole rings is 1. The van der Waals surface area contributed by atoms with Crippen molar-refractivity contribution in [2.24, 2.45) is 4.99 Å². The second-order valence-corrected chi connectivity index (χ2v) is 4.90. The highest BCUT2D eigenvalue weighted by atomic mass is 16.3. The quantitative estimate of drug-likeness (QED) is 0.635. The number of guanidine groups is 1. The second-order valence-electron chi connectivity index (χ2n) is 4.90. The van der Waals surface area contributed by atoms with Gasteiger partial charge in [-0.1, -0.05) is 30.3 Å². The zero-order valence-corrected chi connectivity index (χ0v) is 12.4. The SMILES string of the molecule is CN(C)C(=NCc1ncoc1-c1ccccc1)N(C)C. The van der Waals surface area contributed by atoms with Crippen molar-refractivity contribution in [2.45, 2.75) is 6.54 Å². The first-order valence-electron chi connectivity index (χ1n) is 6.46. The molecule has 0 amide bonds. The van der Waals surface area contributed by atoms with Gasteiger partial charge in [-0.25, -0.2) is 9.98 Å². The summed E-state index contributed by atoms with van der Waals surface area (Å²) < 4.78 is 5.50. The molecule has 0 N–H and O–H groups in total. The lowest BCUT2D eigenvalue weighted by Crippen LogP contribution is -2.35. The van der Waals surface area contributed by atoms with E-state index in [9.17, 15) is 0 Å². The van der Waals surface area contributed by atoms with Crippen LogP contribution in [-0.2, 0) is 6.54 Å². The monoisotopic (exact) mass is 272 g/mol. The van der Waals surface area contributed by atoms with Crippen LogP contribution in [0.4, 0.5) is 0 Å². The first kappa shape index (κ1) is 14.1. The molecule has 20 heavy (non-hydrogen) atoms. The molecular formula is C15H20N4O. The third-order valence-corrected chi connectivity index (χ3v) is 2.85. The molecule has 106 valence electrons. The molecule has 1 aromatic heterocycles. The number of hydrogen-bond donors (Lipinski definition) is 0. The zero-order chi connectivity index (χ0) is 14.5. The number of aromatic nitrogens is 1. The molecule has 0 saturated carbocycles. The van der Waals surface area contributed by atoms with Gasteiger partial charge in [0.05, 0.1) is 6.54 Å². The Morgan fingerprint density at radius 3 is 2.35 bits per heavy atom. The summed E-state index contributed by atoms with van der Waals surface area (Å²) >= 11 is 0. The predicted octanol–water partition coefficient (Wildman–Crippen LogP) is 2.32. The molecule has 2 aromatic rings. The van der Waals surface area contributed by atoms with Crippen LogP contribution in [0.2, 0.25) is 0 Å². The number of benzene rings is 1. The summed E-state index contributed by atoms with van der Waals surface area (Å²) in [5.74, 6) is 1.68. The van der Waals surface area contributed by atoms with Crippen LogP contribution < -0.4 is 0 Å². The van der Waals surface area contributed by atoms with Gasteiger partial charge in [0, 0.05) is 33.8 Å². The van der Waals surface area contributed by atoms with Gasteiger partial charge in [0.15, 0.2) is 18.1 Å². The summed E-state index contributed by atoms with van der Waals surface area (Å²) in [7, 11) is 7.89. The topological polar surface area (TPSA) is 44.9 Å². The van der Waals surface area contributed by atoms with Crippen LogP contribution in [0.1, 0.15) is 5.69 Å². The summed E-state index contributed by atoms with van der Waals surface area (Å²) in [5.41, 5.74) is 1.86. The molecule has 5 nitrogen and oxygen atoms in total. The summed E-state index contributed by atoms with van der Waals surface area (Å²) in [4.78, 5) is 12.8. The average Bonchev–Trinajstić information content (AvgIpc) is 2.87. The molecule has 0 aliphatic rings. The van der Waals surface area contributed by atoms with E-state index < -0.39 is 0 Å². The molecule has 0 fully saturated rings. The van der Waals surface area contributed by atoms with E-state index in [1.807, 2.05) is 68.3 Å². The summed E-state index contributed by atoms with van der Waals surface area (Å²) in [5, 5.41) is 0. The van der Waals surface area contributed by atoms with Gasteiger partial charge in [-0.15, -0.1) is 0 Å². The van der Waals surface area contributed by atoms with E-state index in [1.54, 1.807) is 0 Å². The summed E-state index contributed by atoms with van der Waals surface area (Å²) in [6.07, 6.45) is 1.47. The molecule has 0 bridgehead atoms. The van der Waals surface area contributed by atoms with E-state index in [4.69, 9.17) is 4.42 Å². The molecule has 0 saturated heterocycles. The van der Waals surface area contributed by atoms with E-state index in [0.717, 1.165) is 23.0 Å². The zero-order valence-electron chi connectivity index (χ0n) is 12.4. The molecule has 0 aliphatic carbocycles. The molecular weight excluding hydrogens is 252 g/mol. The lowest BCUT2D eigenvalue weighted by Gasteiger charge is -2.22. The Bertz CT molecular complexity index is 563. The van der Waals surface area contributed by atoms with Crippen LogP contribution >= 0.6 is 0 Å². The lowest BCUT2D eigenvalue weighted by molar-refractivity contribution is 0.479. The van der Waals surface area contributed by atoms with Gasteiger partial charge in [0.25, 0.3) is 0 Å². The Morgan fingerprint density at radius 2 is 1.75 bits per heavy atom. The van der Waals surface area contributed by atoms with E-state index >= 15 is 0 Å². The first-order chi connectivity index (χ1) is 9.59. The molecule has 0 spiro atoms. The smallest absolute Gasteiger partial charge is 0.195 e. The van der Waals surface area contributed by atoms with Gasteiger partial charge in [0.1, 0.15) is 5.69 Å². The largest absolute Gasteiger partial charge is 0.443 e. The fraction of sp³-hybridized carbons (Fsp3) is 0.333. The molecule has 1 heterocycles. The minimum atomic E-state index is 0.492. The highest BCUT2D eigenvalue weighted by Gasteiger charge is 2.11. The van der Waals surface area contributed by atoms with Gasteiger partial charge < -0.3 is 14.2 Å². The van der Waals surface area contributed by atoms with Crippen molar-refractivity contribution < 1.29 is 4.42 Å². The number of nitrogens with zero attached hydrogens (tertiary/aromatic N) is 4. The second kappa shape index (κ2) is 6.23. The van der Waals surface area contributed by atoms with Crippen LogP contribution in [0.3, 0.4) is 0 Å². The third-order valence-electron chi connectivity index (χ3n) is 2.85. The van der Waals surface area contributed by atoms with Gasteiger partial charge in [0.2, 0.25) is 0 Å². The fourth-order valence-corrected chi connectivity index (χ4v) is 2.03. The Labute approximate surface area is 119 Å². The van der Waals surface area contributed by atoms with Crippen molar-refractivity contribution in [3.05, 3.63) is 42.4 Å². The van der Waals surface area contributed by atoms with Crippen LogP contribution in [0.15, 0.2) is 46.1 Å². The highest BCUT2D eigenvalue weighted by Crippen LogP contribution is 2.23. The Hall–Kier alpha value is -2.30. The number of aliphatic imine (C=N–C) groups is 1. The highest BCUT2D eigenvalue weighted by molar-refractivity contribution is 5.79. The molecule has 1 aromatic carbocycles. The lowest BCUT2D eigenvalue weighted by atomic mass is 10.1. The standard InChI is InChI=1S/C15H20N4O/c1-18(2)15(19(3)4)16-10-13-14(20-11-17-13)12-8-6-5-7-9-12/h5-9,11H,10H2,1-4H3. The van der Waals surface area contributed by atoms with Gasteiger partial charge in [-0.05, 0) is 0 Å². The molecule has 0 atom stereocenters. The summed E-state index contributed by atoms with van der Waals surface area (Å²) in [6, 6.07) is 9.96. The van der Waals surface area contributed by atoms with E-state index in [2.05, 4.69) is 9.98 Å². The summed E-state index contributed by atoms with van der Waals surface area (Å²) in [6.45, 7) is 0.492. The van der Waals surface area contributed by atoms with Crippen molar-refractivity contribution in [1.82, 2.24) is 14.8 Å². The van der Waals surface area contributed by atoms with Gasteiger partial charge in [-0.2, -0.15) is 0 Å². The van der Waals surface area contributed by atoms with Crippen LogP contribution in [-0.4, -0.2) is 48.9 Å². The van der Waals surface area contributed by atoms with Crippen molar-refractivity contribution >= 4 is 5.96 Å². The van der Waals surface area contributed by atoms with Crippen molar-refractivity contribution in [3.63, 3.8) is 0 Å². The maximum Gasteiger partial charge on any atom is 0.195 e. The minimum Gasteiger partial charge on any atom is -0.443 e. The number of hydrogen-bond acceptors (Lipinski definition) is 3. The van der Waals surface area contributed by atoms with Gasteiger partial charge in [-0.3, -0.25) is 0 Å². The Morgan fingerprint density at radius 1 is 1.10 bits per heavy atom. The first-order valence-corrected chi connectivity index (χ1v) is 6.46. The minimum absolute atomic E-state index is 0.492. The molecule has 5 heteroatoms. The average molecular weight is 272 g/mol. The van der Waals surface area contributed by atoms with Crippen molar-refractivity contribution in [1.29, 1.82) is 0 Å². The number of rotatable bonds is 3. The third kappa shape index (κ3) is 3.17. The normalized spacial score (nSPS) is 10.2. The maximum absolute atomic E-state index is 5.50. The van der Waals surface area contributed by atoms with Gasteiger partial charge >= 0.3 is 0 Å².